The first kappa shape index (κ1) is 16.9. The molecule has 0 saturated carbocycles. The Kier molecular flexibility index (Phi) is 4.14. The third-order valence-corrected chi connectivity index (χ3v) is 3.71. The van der Waals surface area contributed by atoms with Gasteiger partial charge in [-0.05, 0) is 26.0 Å². The highest BCUT2D eigenvalue weighted by Crippen LogP contribution is 2.42. The van der Waals surface area contributed by atoms with Gasteiger partial charge in [0.15, 0.2) is 23.6 Å². The molecule has 0 saturated heterocycles. The van der Waals surface area contributed by atoms with Crippen LogP contribution >= 0.6 is 0 Å². The Morgan fingerprint density at radius 3 is 2.48 bits per heavy atom. The Morgan fingerprint density at radius 1 is 1.30 bits per heavy atom. The first-order chi connectivity index (χ1) is 10.6. The summed E-state index contributed by atoms with van der Waals surface area (Å²) >= 11 is 0. The number of phenolic OH excluding ortho intramolecular Hbond substituents is 1. The third-order valence-electron chi connectivity index (χ3n) is 3.71. The monoisotopic (exact) mass is 325 g/mol. The van der Waals surface area contributed by atoms with Gasteiger partial charge in [0.2, 0.25) is 0 Å². The number of amides is 1. The van der Waals surface area contributed by atoms with E-state index in [1.54, 1.807) is 0 Å². The molecule has 0 aliphatic heterocycles. The number of aliphatic hydroxyl groups excluding tert-OH is 2. The molecule has 23 heavy (non-hydrogen) atoms. The average Bonchev–Trinajstić information content (AvgIpc) is 2.46. The van der Waals surface area contributed by atoms with Crippen molar-refractivity contribution in [2.24, 2.45) is 0 Å². The maximum atomic E-state index is 14.2. The van der Waals surface area contributed by atoms with E-state index in [1.165, 1.54) is 19.9 Å². The van der Waals surface area contributed by atoms with E-state index in [1.807, 2.05) is 0 Å². The summed E-state index contributed by atoms with van der Waals surface area (Å²) in [4.78, 5) is 24.6. The highest BCUT2D eigenvalue weighted by Gasteiger charge is 2.45. The number of phenols is 1. The lowest BCUT2D eigenvalue weighted by Gasteiger charge is -2.32. The quantitative estimate of drug-likeness (QED) is 0.396. The topological polar surface area (TPSA) is 127 Å². The number of aromatic hydroxyl groups is 1. The molecule has 0 radical (unpaired) electrons. The smallest absolute Gasteiger partial charge is 0.258 e. The number of ketones is 1. The molecule has 5 N–H and O–H groups in total. The summed E-state index contributed by atoms with van der Waals surface area (Å²) < 4.78 is 14.2. The Hall–Kier alpha value is -2.45. The van der Waals surface area contributed by atoms with E-state index in [0.29, 0.717) is 0 Å². The molecule has 1 aliphatic rings. The second-order valence-electron chi connectivity index (χ2n) is 5.69. The van der Waals surface area contributed by atoms with Crippen molar-refractivity contribution in [3.05, 3.63) is 34.6 Å². The van der Waals surface area contributed by atoms with Crippen LogP contribution in [-0.2, 0) is 15.0 Å². The second-order valence-corrected chi connectivity index (χ2v) is 5.69. The molecule has 1 aromatic carbocycles. The molecule has 0 unspecified atom stereocenters. The summed E-state index contributed by atoms with van der Waals surface area (Å²) in [6.45, 7) is 2.18. The maximum Gasteiger partial charge on any atom is 0.258 e. The van der Waals surface area contributed by atoms with Crippen LogP contribution in [0.1, 0.15) is 25.0 Å². The van der Waals surface area contributed by atoms with Crippen LogP contribution < -0.4 is 5.32 Å². The SMILES string of the molecule is CC1(C)C(=O)C(C(=O)NCC(O)O)=C(O)c2ccc(O)c(F)c21. The number of rotatable bonds is 3. The molecular formula is C15H16FNO6. The fourth-order valence-corrected chi connectivity index (χ4v) is 2.52. The van der Waals surface area contributed by atoms with Crippen molar-refractivity contribution < 1.29 is 34.4 Å². The number of Topliss-reactive ketones (excluding diaryl/α,β-unsaturated/α-hetero) is 1. The molecular weight excluding hydrogens is 309 g/mol. The summed E-state index contributed by atoms with van der Waals surface area (Å²) in [5.41, 5.74) is -2.40. The number of carbonyl (C=O) groups is 2. The van der Waals surface area contributed by atoms with Crippen molar-refractivity contribution in [1.29, 1.82) is 0 Å². The second kappa shape index (κ2) is 5.64. The molecule has 0 heterocycles. The number of hydrogen-bond donors (Lipinski definition) is 5. The lowest BCUT2D eigenvalue weighted by atomic mass is 9.70. The highest BCUT2D eigenvalue weighted by atomic mass is 19.1. The predicted octanol–water partition coefficient (Wildman–Crippen LogP) is 0.0876. The van der Waals surface area contributed by atoms with E-state index in [0.717, 1.165) is 6.07 Å². The van der Waals surface area contributed by atoms with Gasteiger partial charge in [-0.15, -0.1) is 0 Å². The Labute approximate surface area is 130 Å². The van der Waals surface area contributed by atoms with Crippen LogP contribution in [0.25, 0.3) is 5.76 Å². The first-order valence-corrected chi connectivity index (χ1v) is 6.73. The number of benzene rings is 1. The van der Waals surface area contributed by atoms with Crippen molar-refractivity contribution in [2.75, 3.05) is 6.54 Å². The van der Waals surface area contributed by atoms with Gasteiger partial charge in [0, 0.05) is 11.1 Å². The van der Waals surface area contributed by atoms with Gasteiger partial charge in [0.05, 0.1) is 12.0 Å². The van der Waals surface area contributed by atoms with E-state index in [4.69, 9.17) is 10.2 Å². The molecule has 1 aromatic rings. The number of hydrogen-bond acceptors (Lipinski definition) is 6. The molecule has 8 heteroatoms. The first-order valence-electron chi connectivity index (χ1n) is 6.73. The Balaban J connectivity index is 2.62. The normalized spacial score (nSPS) is 16.5. The number of aliphatic hydroxyl groups is 3. The van der Waals surface area contributed by atoms with Crippen LogP contribution in [0.3, 0.4) is 0 Å². The van der Waals surface area contributed by atoms with E-state index < -0.39 is 52.8 Å². The Bertz CT molecular complexity index is 723. The standard InChI is InChI=1S/C15H16FNO6/c1-15(2)10-6(3-4-7(18)11(10)16)12(21)9(13(15)22)14(23)17-5-8(19)20/h3-4,8,18-21H,5H2,1-2H3,(H,17,23). The Morgan fingerprint density at radius 2 is 1.91 bits per heavy atom. The molecule has 124 valence electrons. The van der Waals surface area contributed by atoms with Crippen LogP contribution in [0, 0.1) is 5.82 Å². The molecule has 0 fully saturated rings. The zero-order chi connectivity index (χ0) is 17.5. The van der Waals surface area contributed by atoms with Gasteiger partial charge in [-0.2, -0.15) is 0 Å². The molecule has 1 aliphatic carbocycles. The van der Waals surface area contributed by atoms with Gasteiger partial charge in [-0.1, -0.05) is 0 Å². The molecule has 0 aromatic heterocycles. The lowest BCUT2D eigenvalue weighted by Crippen LogP contribution is -2.43. The molecule has 7 nitrogen and oxygen atoms in total. The van der Waals surface area contributed by atoms with Crippen LogP contribution in [0.15, 0.2) is 17.7 Å². The van der Waals surface area contributed by atoms with Gasteiger partial charge < -0.3 is 25.7 Å². The van der Waals surface area contributed by atoms with Crippen molar-refractivity contribution in [3.63, 3.8) is 0 Å². The molecule has 1 amide bonds. The van der Waals surface area contributed by atoms with Crippen LogP contribution in [0.2, 0.25) is 0 Å². The summed E-state index contributed by atoms with van der Waals surface area (Å²) in [5, 5.41) is 39.3. The molecule has 0 bridgehead atoms. The number of nitrogens with one attached hydrogen (secondary N) is 1. The van der Waals surface area contributed by atoms with Crippen molar-refractivity contribution in [2.45, 2.75) is 25.6 Å². The molecule has 0 atom stereocenters. The highest BCUT2D eigenvalue weighted by molar-refractivity contribution is 6.28. The van der Waals surface area contributed by atoms with E-state index in [-0.39, 0.29) is 11.1 Å². The molecule has 0 spiro atoms. The number of halogens is 1. The van der Waals surface area contributed by atoms with Gasteiger partial charge in [-0.25, -0.2) is 4.39 Å². The fourth-order valence-electron chi connectivity index (χ4n) is 2.52. The average molecular weight is 325 g/mol. The largest absolute Gasteiger partial charge is 0.506 e. The van der Waals surface area contributed by atoms with Crippen LogP contribution in [0.4, 0.5) is 4.39 Å². The van der Waals surface area contributed by atoms with Crippen molar-refractivity contribution in [3.8, 4) is 5.75 Å². The minimum Gasteiger partial charge on any atom is -0.506 e. The number of carbonyl (C=O) groups excluding carboxylic acids is 2. The third kappa shape index (κ3) is 2.66. The predicted molar refractivity (Wildman–Crippen MR) is 76.9 cm³/mol. The van der Waals surface area contributed by atoms with Crippen LogP contribution in [0.5, 0.6) is 5.75 Å². The summed E-state index contributed by atoms with van der Waals surface area (Å²) in [5.74, 6) is -4.30. The van der Waals surface area contributed by atoms with Crippen molar-refractivity contribution >= 4 is 17.4 Å². The fraction of sp³-hybridized carbons (Fsp3) is 0.333. The zero-order valence-electron chi connectivity index (χ0n) is 12.4. The number of fused-ring (bicyclic) bond motifs is 1. The lowest BCUT2D eigenvalue weighted by molar-refractivity contribution is -0.126. The maximum absolute atomic E-state index is 14.2. The summed E-state index contributed by atoms with van der Waals surface area (Å²) in [6.07, 6.45) is -1.82. The van der Waals surface area contributed by atoms with Gasteiger partial charge in [-0.3, -0.25) is 9.59 Å². The van der Waals surface area contributed by atoms with Gasteiger partial charge in [0.1, 0.15) is 11.3 Å². The van der Waals surface area contributed by atoms with Crippen LogP contribution in [-0.4, -0.2) is 45.0 Å². The summed E-state index contributed by atoms with van der Waals surface area (Å²) in [6, 6.07) is 2.20. The van der Waals surface area contributed by atoms with E-state index in [9.17, 15) is 24.2 Å². The van der Waals surface area contributed by atoms with E-state index >= 15 is 0 Å². The minimum absolute atomic E-state index is 0.0837. The van der Waals surface area contributed by atoms with Gasteiger partial charge >= 0.3 is 0 Å². The van der Waals surface area contributed by atoms with E-state index in [2.05, 4.69) is 5.32 Å². The van der Waals surface area contributed by atoms with Crippen molar-refractivity contribution in [1.82, 2.24) is 5.32 Å². The zero-order valence-corrected chi connectivity index (χ0v) is 12.4. The molecule has 2 rings (SSSR count). The van der Waals surface area contributed by atoms with Gasteiger partial charge in [0.25, 0.3) is 5.91 Å². The summed E-state index contributed by atoms with van der Waals surface area (Å²) in [7, 11) is 0. The minimum atomic E-state index is -1.82.